The van der Waals surface area contributed by atoms with Crippen LogP contribution in [0.4, 0.5) is 5.82 Å². The maximum Gasteiger partial charge on any atom is 0.162 e. The molecule has 0 saturated carbocycles. The average molecular weight is 379 g/mol. The number of quaternary nitrogens is 1. The molecule has 6 heteroatoms. The highest BCUT2D eigenvalue weighted by Crippen LogP contribution is 2.36. The zero-order valence-corrected chi connectivity index (χ0v) is 16.7. The van der Waals surface area contributed by atoms with Gasteiger partial charge < -0.3 is 19.3 Å². The lowest BCUT2D eigenvalue weighted by molar-refractivity contribution is -0.898. The number of nitrogens with one attached hydrogen (secondary N) is 1. The monoisotopic (exact) mass is 379 g/mol. The standard InChI is InChI=1S/C22H26N4O2/c1-4-25-10-12-26(13-11-25)22-17-14-19(27-2)20(28-3)15-18(17)23-21(24-22)16-8-6-5-7-9-16/h5-9,14-15H,4,10-13H2,1-3H3/p+1. The minimum absolute atomic E-state index is 0.680. The molecule has 146 valence electrons. The quantitative estimate of drug-likeness (QED) is 0.735. The Bertz CT molecular complexity index is 954. The van der Waals surface area contributed by atoms with Gasteiger partial charge in [-0.15, -0.1) is 0 Å². The molecule has 0 bridgehead atoms. The van der Waals surface area contributed by atoms with E-state index >= 15 is 0 Å². The molecule has 1 aliphatic heterocycles. The number of piperazine rings is 1. The van der Waals surface area contributed by atoms with Crippen molar-refractivity contribution < 1.29 is 14.4 Å². The SMILES string of the molecule is CC[NH+]1CCN(c2nc(-c3ccccc3)nc3cc(OC)c(OC)cc23)CC1. The van der Waals surface area contributed by atoms with Crippen molar-refractivity contribution >= 4 is 16.7 Å². The fourth-order valence-corrected chi connectivity index (χ4v) is 3.79. The highest BCUT2D eigenvalue weighted by atomic mass is 16.5. The number of ether oxygens (including phenoxy) is 2. The first kappa shape index (κ1) is 18.5. The lowest BCUT2D eigenvalue weighted by atomic mass is 10.1. The molecular weight excluding hydrogens is 352 g/mol. The molecule has 3 aromatic rings. The van der Waals surface area contributed by atoms with Gasteiger partial charge in [0.15, 0.2) is 17.3 Å². The summed E-state index contributed by atoms with van der Waals surface area (Å²) in [4.78, 5) is 13.8. The second kappa shape index (κ2) is 8.02. The molecular formula is C22H27N4O2+. The number of likely N-dealkylation sites (N-methyl/N-ethyl adjacent to an activating group) is 1. The summed E-state index contributed by atoms with van der Waals surface area (Å²) in [5, 5.41) is 0.997. The van der Waals surface area contributed by atoms with Crippen molar-refractivity contribution in [2.45, 2.75) is 6.92 Å². The van der Waals surface area contributed by atoms with Crippen molar-refractivity contribution in [2.75, 3.05) is 51.8 Å². The molecule has 1 aliphatic rings. The van der Waals surface area contributed by atoms with E-state index in [0.717, 1.165) is 54.3 Å². The van der Waals surface area contributed by atoms with Gasteiger partial charge in [-0.25, -0.2) is 9.97 Å². The van der Waals surface area contributed by atoms with E-state index in [2.05, 4.69) is 11.8 Å². The van der Waals surface area contributed by atoms with Gasteiger partial charge in [0, 0.05) is 17.0 Å². The number of methoxy groups -OCH3 is 2. The molecule has 0 aliphatic carbocycles. The Morgan fingerprint density at radius 1 is 0.964 bits per heavy atom. The third kappa shape index (κ3) is 3.47. The maximum absolute atomic E-state index is 5.53. The fraction of sp³-hybridized carbons (Fsp3) is 0.364. The Morgan fingerprint density at radius 3 is 2.29 bits per heavy atom. The van der Waals surface area contributed by atoms with Crippen LogP contribution in [0.5, 0.6) is 11.5 Å². The fourth-order valence-electron chi connectivity index (χ4n) is 3.79. The zero-order valence-electron chi connectivity index (χ0n) is 16.7. The summed E-state index contributed by atoms with van der Waals surface area (Å²) in [5.74, 6) is 3.09. The van der Waals surface area contributed by atoms with Crippen LogP contribution in [0.3, 0.4) is 0 Å². The number of aromatic nitrogens is 2. The molecule has 1 fully saturated rings. The molecule has 0 spiro atoms. The van der Waals surface area contributed by atoms with Gasteiger partial charge in [-0.3, -0.25) is 0 Å². The molecule has 1 N–H and O–H groups in total. The van der Waals surface area contributed by atoms with E-state index in [1.807, 2.05) is 42.5 Å². The minimum atomic E-state index is 0.680. The Labute approximate surface area is 165 Å². The third-order valence-electron chi connectivity index (χ3n) is 5.48. The Balaban J connectivity index is 1.87. The lowest BCUT2D eigenvalue weighted by Gasteiger charge is -2.33. The van der Waals surface area contributed by atoms with E-state index in [1.165, 1.54) is 6.54 Å². The molecule has 0 atom stereocenters. The number of nitrogens with zero attached hydrogens (tertiary/aromatic N) is 3. The molecule has 2 heterocycles. The Morgan fingerprint density at radius 2 is 1.64 bits per heavy atom. The number of benzene rings is 2. The summed E-state index contributed by atoms with van der Waals surface area (Å²) in [6.45, 7) is 7.62. The van der Waals surface area contributed by atoms with Crippen molar-refractivity contribution in [1.29, 1.82) is 0 Å². The van der Waals surface area contributed by atoms with Crippen LogP contribution < -0.4 is 19.3 Å². The number of rotatable bonds is 5. The van der Waals surface area contributed by atoms with E-state index in [9.17, 15) is 0 Å². The normalized spacial score (nSPS) is 15.0. The summed E-state index contributed by atoms with van der Waals surface area (Å²) in [5.41, 5.74) is 1.88. The second-order valence-electron chi connectivity index (χ2n) is 7.05. The molecule has 0 radical (unpaired) electrons. The van der Waals surface area contributed by atoms with Crippen LogP contribution in [-0.2, 0) is 0 Å². The molecule has 2 aromatic carbocycles. The van der Waals surface area contributed by atoms with Gasteiger partial charge in [0.1, 0.15) is 5.82 Å². The van der Waals surface area contributed by atoms with Crippen molar-refractivity contribution in [3.63, 3.8) is 0 Å². The Kier molecular flexibility index (Phi) is 5.30. The van der Waals surface area contributed by atoms with E-state index in [1.54, 1.807) is 19.1 Å². The summed E-state index contributed by atoms with van der Waals surface area (Å²) < 4.78 is 11.0. The van der Waals surface area contributed by atoms with Gasteiger partial charge in [0.25, 0.3) is 0 Å². The summed E-state index contributed by atoms with van der Waals surface area (Å²) in [6, 6.07) is 14.1. The molecule has 0 amide bonds. The smallest absolute Gasteiger partial charge is 0.162 e. The molecule has 0 unspecified atom stereocenters. The van der Waals surface area contributed by atoms with E-state index in [-0.39, 0.29) is 0 Å². The third-order valence-corrected chi connectivity index (χ3v) is 5.48. The summed E-state index contributed by atoms with van der Waals surface area (Å²) in [6.07, 6.45) is 0. The number of hydrogen-bond donors (Lipinski definition) is 1. The van der Waals surface area contributed by atoms with Crippen LogP contribution in [0.25, 0.3) is 22.3 Å². The Hall–Kier alpha value is -2.86. The largest absolute Gasteiger partial charge is 0.493 e. The average Bonchev–Trinajstić information content (AvgIpc) is 2.78. The van der Waals surface area contributed by atoms with Crippen molar-refractivity contribution in [3.05, 3.63) is 42.5 Å². The predicted molar refractivity (Wildman–Crippen MR) is 112 cm³/mol. The molecule has 6 nitrogen and oxygen atoms in total. The van der Waals surface area contributed by atoms with Gasteiger partial charge in [0.05, 0.1) is 52.5 Å². The van der Waals surface area contributed by atoms with Gasteiger partial charge >= 0.3 is 0 Å². The van der Waals surface area contributed by atoms with Crippen LogP contribution in [0.2, 0.25) is 0 Å². The second-order valence-corrected chi connectivity index (χ2v) is 7.05. The first-order valence-electron chi connectivity index (χ1n) is 9.81. The molecule has 28 heavy (non-hydrogen) atoms. The lowest BCUT2D eigenvalue weighted by Crippen LogP contribution is -3.14. The first-order valence-corrected chi connectivity index (χ1v) is 9.81. The van der Waals surface area contributed by atoms with Gasteiger partial charge in [-0.1, -0.05) is 30.3 Å². The molecule has 1 saturated heterocycles. The number of hydrogen-bond acceptors (Lipinski definition) is 5. The maximum atomic E-state index is 5.53. The van der Waals surface area contributed by atoms with Gasteiger partial charge in [0.2, 0.25) is 0 Å². The van der Waals surface area contributed by atoms with Crippen LogP contribution in [0.15, 0.2) is 42.5 Å². The van der Waals surface area contributed by atoms with Crippen molar-refractivity contribution in [1.82, 2.24) is 9.97 Å². The summed E-state index contributed by atoms with van der Waals surface area (Å²) >= 11 is 0. The predicted octanol–water partition coefficient (Wildman–Crippen LogP) is 2.04. The van der Waals surface area contributed by atoms with Crippen molar-refractivity contribution in [3.8, 4) is 22.9 Å². The number of fused-ring (bicyclic) bond motifs is 1. The first-order chi connectivity index (χ1) is 13.7. The molecule has 4 rings (SSSR count). The number of anilines is 1. The van der Waals surface area contributed by atoms with Crippen LogP contribution >= 0.6 is 0 Å². The zero-order chi connectivity index (χ0) is 19.5. The topological polar surface area (TPSA) is 51.9 Å². The van der Waals surface area contributed by atoms with E-state index in [4.69, 9.17) is 19.4 Å². The van der Waals surface area contributed by atoms with Crippen LogP contribution in [-0.4, -0.2) is 56.9 Å². The van der Waals surface area contributed by atoms with Crippen LogP contribution in [0.1, 0.15) is 6.92 Å². The van der Waals surface area contributed by atoms with Gasteiger partial charge in [-0.2, -0.15) is 0 Å². The van der Waals surface area contributed by atoms with E-state index in [0.29, 0.717) is 11.5 Å². The highest BCUT2D eigenvalue weighted by molar-refractivity contribution is 5.93. The highest BCUT2D eigenvalue weighted by Gasteiger charge is 2.23. The van der Waals surface area contributed by atoms with E-state index < -0.39 is 0 Å². The van der Waals surface area contributed by atoms with Crippen LogP contribution in [0, 0.1) is 0 Å². The van der Waals surface area contributed by atoms with Crippen molar-refractivity contribution in [2.24, 2.45) is 0 Å². The minimum Gasteiger partial charge on any atom is -0.493 e. The summed E-state index contributed by atoms with van der Waals surface area (Å²) in [7, 11) is 3.31. The molecule has 1 aromatic heterocycles. The van der Waals surface area contributed by atoms with Gasteiger partial charge in [-0.05, 0) is 13.0 Å².